The van der Waals surface area contributed by atoms with E-state index in [1.807, 2.05) is 0 Å². The second-order valence-corrected chi connectivity index (χ2v) is 3.91. The fraction of sp³-hybridized carbons (Fsp3) is 0.0769. The van der Waals surface area contributed by atoms with Crippen molar-refractivity contribution in [2.45, 2.75) is 6.92 Å². The maximum atomic E-state index is 10.9. The summed E-state index contributed by atoms with van der Waals surface area (Å²) in [7, 11) is 0. The molecule has 6 nitrogen and oxygen atoms in total. The third kappa shape index (κ3) is 3.12. The molecule has 0 atom stereocenters. The average Bonchev–Trinajstić information content (AvgIpc) is 2.39. The molecule has 0 bridgehead atoms. The van der Waals surface area contributed by atoms with Gasteiger partial charge in [-0.2, -0.15) is 0 Å². The summed E-state index contributed by atoms with van der Waals surface area (Å²) in [6.07, 6.45) is 3.01. The van der Waals surface area contributed by atoms with Crippen LogP contribution in [0.4, 0.5) is 5.82 Å². The summed E-state index contributed by atoms with van der Waals surface area (Å²) in [5, 5.41) is 2.58. The van der Waals surface area contributed by atoms with Crippen LogP contribution in [0, 0.1) is 0 Å². The number of nitrogens with two attached hydrogens (primary N) is 1. The summed E-state index contributed by atoms with van der Waals surface area (Å²) >= 11 is 0. The highest BCUT2D eigenvalue weighted by molar-refractivity contribution is 5.92. The maximum Gasteiger partial charge on any atom is 0.250 e. The molecule has 19 heavy (non-hydrogen) atoms. The van der Waals surface area contributed by atoms with Crippen molar-refractivity contribution in [1.29, 1.82) is 0 Å². The molecule has 2 amide bonds. The molecule has 0 saturated carbocycles. The zero-order valence-corrected chi connectivity index (χ0v) is 10.3. The lowest BCUT2D eigenvalue weighted by atomic mass is 10.1. The molecule has 6 heteroatoms. The number of primary amides is 1. The van der Waals surface area contributed by atoms with E-state index in [1.165, 1.54) is 13.1 Å². The van der Waals surface area contributed by atoms with Crippen LogP contribution in [0.25, 0.3) is 11.3 Å². The first-order valence-corrected chi connectivity index (χ1v) is 5.56. The lowest BCUT2D eigenvalue weighted by Gasteiger charge is -2.04. The van der Waals surface area contributed by atoms with Crippen LogP contribution in [0.3, 0.4) is 0 Å². The molecular weight excluding hydrogens is 244 g/mol. The molecular formula is C13H12N4O2. The lowest BCUT2D eigenvalue weighted by Crippen LogP contribution is -2.11. The smallest absolute Gasteiger partial charge is 0.250 e. The Balaban J connectivity index is 2.22. The van der Waals surface area contributed by atoms with Gasteiger partial charge >= 0.3 is 0 Å². The zero-order chi connectivity index (χ0) is 13.8. The average molecular weight is 256 g/mol. The van der Waals surface area contributed by atoms with Gasteiger partial charge in [-0.05, 0) is 24.3 Å². The Labute approximate surface area is 109 Å². The van der Waals surface area contributed by atoms with E-state index in [0.717, 1.165) is 5.56 Å². The van der Waals surface area contributed by atoms with E-state index < -0.39 is 5.91 Å². The Morgan fingerprint density at radius 3 is 2.37 bits per heavy atom. The summed E-state index contributed by atoms with van der Waals surface area (Å²) < 4.78 is 0. The van der Waals surface area contributed by atoms with Crippen LogP contribution < -0.4 is 11.1 Å². The normalized spacial score (nSPS) is 9.95. The molecule has 2 aromatic rings. The second kappa shape index (κ2) is 5.26. The van der Waals surface area contributed by atoms with Crippen molar-refractivity contribution >= 4 is 17.6 Å². The molecule has 0 aliphatic heterocycles. The molecule has 96 valence electrons. The van der Waals surface area contributed by atoms with Crippen LogP contribution in [-0.4, -0.2) is 21.8 Å². The Morgan fingerprint density at radius 1 is 1.11 bits per heavy atom. The third-order valence-corrected chi connectivity index (χ3v) is 2.41. The first-order chi connectivity index (χ1) is 9.06. The van der Waals surface area contributed by atoms with Gasteiger partial charge in [0.05, 0.1) is 11.3 Å². The molecule has 0 fully saturated rings. The fourth-order valence-electron chi connectivity index (χ4n) is 1.51. The van der Waals surface area contributed by atoms with Crippen molar-refractivity contribution in [2.24, 2.45) is 5.73 Å². The Kier molecular flexibility index (Phi) is 3.51. The van der Waals surface area contributed by atoms with Gasteiger partial charge in [0.25, 0.3) is 0 Å². The van der Waals surface area contributed by atoms with Crippen molar-refractivity contribution in [2.75, 3.05) is 5.32 Å². The summed E-state index contributed by atoms with van der Waals surface area (Å²) in [5.74, 6) is -0.215. The number of pyridine rings is 2. The van der Waals surface area contributed by atoms with E-state index in [9.17, 15) is 9.59 Å². The van der Waals surface area contributed by atoms with Crippen LogP contribution in [0.5, 0.6) is 0 Å². The van der Waals surface area contributed by atoms with E-state index in [-0.39, 0.29) is 5.91 Å². The molecule has 0 unspecified atom stereocenters. The van der Waals surface area contributed by atoms with E-state index >= 15 is 0 Å². The lowest BCUT2D eigenvalue weighted by molar-refractivity contribution is -0.114. The van der Waals surface area contributed by atoms with Gasteiger partial charge in [0.15, 0.2) is 0 Å². The van der Waals surface area contributed by atoms with Crippen molar-refractivity contribution in [3.05, 3.63) is 42.2 Å². The van der Waals surface area contributed by atoms with Crippen LogP contribution in [0.1, 0.15) is 17.3 Å². The quantitative estimate of drug-likeness (QED) is 0.862. The van der Waals surface area contributed by atoms with Gasteiger partial charge < -0.3 is 11.1 Å². The van der Waals surface area contributed by atoms with Gasteiger partial charge in [0.1, 0.15) is 5.82 Å². The summed E-state index contributed by atoms with van der Waals surface area (Å²) in [4.78, 5) is 30.0. The van der Waals surface area contributed by atoms with Crippen molar-refractivity contribution in [3.8, 4) is 11.3 Å². The van der Waals surface area contributed by atoms with E-state index in [0.29, 0.717) is 17.1 Å². The highest BCUT2D eigenvalue weighted by Gasteiger charge is 2.04. The van der Waals surface area contributed by atoms with Crippen LogP contribution in [0.2, 0.25) is 0 Å². The minimum Gasteiger partial charge on any atom is -0.366 e. The highest BCUT2D eigenvalue weighted by Crippen LogP contribution is 2.17. The number of rotatable bonds is 3. The third-order valence-electron chi connectivity index (χ3n) is 2.41. The molecule has 0 aliphatic carbocycles. The summed E-state index contributed by atoms with van der Waals surface area (Å²) in [6, 6.07) is 6.76. The minimum absolute atomic E-state index is 0.177. The molecule has 0 spiro atoms. The number of nitrogens with zero attached hydrogens (tertiary/aromatic N) is 2. The number of carbonyl (C=O) groups excluding carboxylic acids is 2. The van der Waals surface area contributed by atoms with Gasteiger partial charge in [-0.25, -0.2) is 4.98 Å². The highest BCUT2D eigenvalue weighted by atomic mass is 16.1. The topological polar surface area (TPSA) is 98.0 Å². The number of anilines is 1. The predicted octanol–water partition coefficient (Wildman–Crippen LogP) is 1.20. The standard InChI is InChI=1S/C13H12N4O2/c1-8(18)17-12-5-3-9(6-16-12)11-4-2-10(7-15-11)13(14)19/h2-7H,1H3,(H2,14,19)(H,16,17,18). The van der Waals surface area contributed by atoms with Gasteiger partial charge in [-0.1, -0.05) is 0 Å². The Bertz CT molecular complexity index is 606. The van der Waals surface area contributed by atoms with Crippen LogP contribution >= 0.6 is 0 Å². The predicted molar refractivity (Wildman–Crippen MR) is 70.3 cm³/mol. The number of hydrogen-bond acceptors (Lipinski definition) is 4. The van der Waals surface area contributed by atoms with E-state index in [1.54, 1.807) is 30.5 Å². The van der Waals surface area contributed by atoms with E-state index in [4.69, 9.17) is 5.73 Å². The van der Waals surface area contributed by atoms with Gasteiger partial charge in [-0.15, -0.1) is 0 Å². The molecule has 0 radical (unpaired) electrons. The van der Waals surface area contributed by atoms with E-state index in [2.05, 4.69) is 15.3 Å². The maximum absolute atomic E-state index is 10.9. The van der Waals surface area contributed by atoms with Gasteiger partial charge in [0.2, 0.25) is 11.8 Å². The van der Waals surface area contributed by atoms with Crippen LogP contribution in [0.15, 0.2) is 36.7 Å². The summed E-state index contributed by atoms with van der Waals surface area (Å²) in [5.41, 5.74) is 6.95. The van der Waals surface area contributed by atoms with Gasteiger partial charge in [-0.3, -0.25) is 14.6 Å². The number of carbonyl (C=O) groups is 2. The molecule has 0 aromatic carbocycles. The Morgan fingerprint density at radius 2 is 1.89 bits per heavy atom. The monoisotopic (exact) mass is 256 g/mol. The molecule has 3 N–H and O–H groups in total. The first kappa shape index (κ1) is 12.7. The molecule has 2 heterocycles. The minimum atomic E-state index is -0.516. The van der Waals surface area contributed by atoms with Crippen LogP contribution in [-0.2, 0) is 4.79 Å². The first-order valence-electron chi connectivity index (χ1n) is 5.56. The molecule has 2 aromatic heterocycles. The second-order valence-electron chi connectivity index (χ2n) is 3.91. The van der Waals surface area contributed by atoms with Crippen molar-refractivity contribution in [1.82, 2.24) is 9.97 Å². The molecule has 2 rings (SSSR count). The van der Waals surface area contributed by atoms with Gasteiger partial charge in [0, 0.05) is 24.9 Å². The SMILES string of the molecule is CC(=O)Nc1ccc(-c2ccc(C(N)=O)cn2)cn1. The number of hydrogen-bond donors (Lipinski definition) is 2. The number of nitrogens with one attached hydrogen (secondary N) is 1. The van der Waals surface area contributed by atoms with Crippen molar-refractivity contribution in [3.63, 3.8) is 0 Å². The largest absolute Gasteiger partial charge is 0.366 e. The molecule has 0 aliphatic rings. The Hall–Kier alpha value is -2.76. The number of aromatic nitrogens is 2. The molecule has 0 saturated heterocycles. The number of amides is 2. The zero-order valence-electron chi connectivity index (χ0n) is 10.3. The van der Waals surface area contributed by atoms with Crippen molar-refractivity contribution < 1.29 is 9.59 Å². The summed E-state index contributed by atoms with van der Waals surface area (Å²) in [6.45, 7) is 1.42. The fourth-order valence-corrected chi connectivity index (χ4v) is 1.51.